The van der Waals surface area contributed by atoms with E-state index in [1.165, 1.54) is 64.2 Å². The molecule has 0 radical (unpaired) electrons. The van der Waals surface area contributed by atoms with Crippen molar-refractivity contribution in [3.05, 3.63) is 46.6 Å². The van der Waals surface area contributed by atoms with Crippen LogP contribution in [-0.2, 0) is 23.2 Å². The quantitative estimate of drug-likeness (QED) is 0.394. The molecule has 0 aromatic rings. The molecule has 0 amide bonds. The Labute approximate surface area is 178 Å². The van der Waals surface area contributed by atoms with Crippen molar-refractivity contribution in [2.24, 2.45) is 0 Å². The summed E-state index contributed by atoms with van der Waals surface area (Å²) in [4.78, 5) is 0. The molecule has 0 spiro atoms. The largest absolute Gasteiger partial charge is 0.147 e. The first-order chi connectivity index (χ1) is 11.1. The van der Waals surface area contributed by atoms with Gasteiger partial charge in [-0.05, 0) is 0 Å². The molecule has 0 heterocycles. The maximum Gasteiger partial charge on any atom is -0.147 e. The Morgan fingerprint density at radius 1 is 0.640 bits per heavy atom. The first-order valence-corrected chi connectivity index (χ1v) is 12.2. The summed E-state index contributed by atoms with van der Waals surface area (Å²) in [6, 6.07) is 0. The Balaban J connectivity index is 0.00000113. The molecular weight excluding hydrogens is 426 g/mol. The van der Waals surface area contributed by atoms with Gasteiger partial charge < -0.3 is 0 Å². The topological polar surface area (TPSA) is 0 Å². The second kappa shape index (κ2) is 8.62. The van der Waals surface area contributed by atoms with Crippen LogP contribution < -0.4 is 0 Å². The predicted octanol–water partition coefficient (Wildman–Crippen LogP) is 7.93. The van der Waals surface area contributed by atoms with E-state index in [1.54, 1.807) is 11.1 Å². The summed E-state index contributed by atoms with van der Waals surface area (Å²) in [7, 11) is 0. The van der Waals surface area contributed by atoms with Crippen molar-refractivity contribution in [1.82, 2.24) is 0 Å². The smallest absolute Gasteiger partial charge is 0.147 e. The summed E-state index contributed by atoms with van der Waals surface area (Å²) in [6.07, 6.45) is 24.3. The van der Waals surface area contributed by atoms with Gasteiger partial charge in [-0.2, -0.15) is 0 Å². The van der Waals surface area contributed by atoms with Gasteiger partial charge in [0.1, 0.15) is 0 Å². The minimum Gasteiger partial charge on any atom is -0.147 e. The van der Waals surface area contributed by atoms with Gasteiger partial charge in [0.15, 0.2) is 0 Å². The summed E-state index contributed by atoms with van der Waals surface area (Å²) in [5.74, 6) is 0. The average Bonchev–Trinajstić information content (AvgIpc) is 2.84. The zero-order chi connectivity index (χ0) is 15.9. The monoisotopic (exact) mass is 456 g/mol. The third-order valence-electron chi connectivity index (χ3n) is 6.53. The fourth-order valence-corrected chi connectivity index (χ4v) is 10.9. The van der Waals surface area contributed by atoms with Crippen molar-refractivity contribution < 1.29 is 23.2 Å². The number of rotatable bonds is 2. The van der Waals surface area contributed by atoms with Crippen LogP contribution in [0.2, 0.25) is 6.25 Å². The van der Waals surface area contributed by atoms with E-state index in [2.05, 4.69) is 38.2 Å². The first kappa shape index (κ1) is 21.7. The van der Waals surface area contributed by atoms with Crippen LogP contribution in [0, 0.1) is 0 Å². The third kappa shape index (κ3) is 4.15. The van der Waals surface area contributed by atoms with Gasteiger partial charge in [-0.25, -0.2) is 0 Å². The third-order valence-corrected chi connectivity index (χ3v) is 11.4. The first-order valence-electron chi connectivity index (χ1n) is 9.74. The molecule has 4 rings (SSSR count). The van der Waals surface area contributed by atoms with Crippen LogP contribution in [0.1, 0.15) is 78.1 Å². The van der Waals surface area contributed by atoms with Crippen molar-refractivity contribution in [1.29, 1.82) is 0 Å². The maximum absolute atomic E-state index is 2.63. The van der Waals surface area contributed by atoms with Crippen LogP contribution in [0.15, 0.2) is 46.6 Å². The standard InChI is InChI=1S/2C11H15.2ClH.Zr/c2*1-9-7-8-10-5-3-2-4-6-11(9)10;;;/h2*7-8H,2-6H2,1H3;2*1H;. The molecule has 138 valence electrons. The summed E-state index contributed by atoms with van der Waals surface area (Å²) in [6.45, 7) is 5.19. The molecule has 0 saturated carbocycles. The Hall–Kier alpha value is 0.423. The summed E-state index contributed by atoms with van der Waals surface area (Å²) < 4.78 is 0.938. The van der Waals surface area contributed by atoms with Crippen molar-refractivity contribution in [3.8, 4) is 0 Å². The van der Waals surface area contributed by atoms with Gasteiger partial charge in [0.25, 0.3) is 0 Å². The van der Waals surface area contributed by atoms with Crippen LogP contribution in [0.5, 0.6) is 0 Å². The van der Waals surface area contributed by atoms with Crippen molar-refractivity contribution in [3.63, 3.8) is 0 Å². The minimum atomic E-state index is -0.630. The molecule has 0 N–H and O–H groups in total. The van der Waals surface area contributed by atoms with E-state index in [1.807, 2.05) is 11.1 Å². The molecule has 2 atom stereocenters. The second-order valence-corrected chi connectivity index (χ2v) is 14.0. The van der Waals surface area contributed by atoms with Crippen molar-refractivity contribution in [2.45, 2.75) is 84.3 Å². The Morgan fingerprint density at radius 3 is 1.48 bits per heavy atom. The Bertz CT molecular complexity index is 574. The summed E-state index contributed by atoms with van der Waals surface area (Å²) >= 11 is -0.630. The number of hydrogen-bond donors (Lipinski definition) is 0. The molecule has 0 aliphatic heterocycles. The van der Waals surface area contributed by atoms with E-state index in [0.717, 1.165) is 0 Å². The minimum absolute atomic E-state index is 0. The Morgan fingerprint density at radius 2 is 1.04 bits per heavy atom. The zero-order valence-corrected chi connectivity index (χ0v) is 19.8. The normalized spacial score (nSPS) is 33.8. The number of hydrogen-bond acceptors (Lipinski definition) is 0. The van der Waals surface area contributed by atoms with Gasteiger partial charge in [0, 0.05) is 0 Å². The molecule has 0 fully saturated rings. The molecule has 4 aliphatic rings. The number of halogens is 2. The fourth-order valence-electron chi connectivity index (χ4n) is 5.27. The van der Waals surface area contributed by atoms with Crippen molar-refractivity contribution in [2.75, 3.05) is 0 Å². The van der Waals surface area contributed by atoms with Crippen LogP contribution in [0.25, 0.3) is 0 Å². The number of allylic oxidation sites excluding steroid dienone is 8. The molecule has 25 heavy (non-hydrogen) atoms. The average molecular weight is 459 g/mol. The Kier molecular flexibility index (Phi) is 7.49. The van der Waals surface area contributed by atoms with E-state index >= 15 is 0 Å². The van der Waals surface area contributed by atoms with E-state index in [-0.39, 0.29) is 24.8 Å². The van der Waals surface area contributed by atoms with Crippen LogP contribution in [0.4, 0.5) is 0 Å². The van der Waals surface area contributed by atoms with Gasteiger partial charge in [0.2, 0.25) is 0 Å². The van der Waals surface area contributed by atoms with E-state index < -0.39 is 23.2 Å². The molecule has 0 nitrogen and oxygen atoms in total. The van der Waals surface area contributed by atoms with E-state index in [9.17, 15) is 0 Å². The van der Waals surface area contributed by atoms with E-state index in [4.69, 9.17) is 0 Å². The molecule has 0 aromatic heterocycles. The van der Waals surface area contributed by atoms with Crippen LogP contribution in [0.3, 0.4) is 0 Å². The zero-order valence-electron chi connectivity index (χ0n) is 15.7. The molecule has 4 aliphatic carbocycles. The second-order valence-electron chi connectivity index (χ2n) is 8.33. The van der Waals surface area contributed by atoms with Crippen LogP contribution >= 0.6 is 24.8 Å². The summed E-state index contributed by atoms with van der Waals surface area (Å²) in [5, 5.41) is 0. The van der Waals surface area contributed by atoms with Gasteiger partial charge in [0.05, 0.1) is 0 Å². The molecule has 0 bridgehead atoms. The van der Waals surface area contributed by atoms with Crippen LogP contribution in [-0.4, -0.2) is 0 Å². The van der Waals surface area contributed by atoms with Gasteiger partial charge in [-0.1, -0.05) is 0 Å². The molecule has 2 unspecified atom stereocenters. The SMILES string of the molecule is C[C]1([Zr][C]2(C)C=CC3=C2CCCCC3)C=CC2=C1CCCCC2.Cl.Cl. The molecular formula is C22H32Cl2Zr. The van der Waals surface area contributed by atoms with E-state index in [0.29, 0.717) is 6.25 Å². The van der Waals surface area contributed by atoms with Gasteiger partial charge in [-0.3, -0.25) is 0 Å². The molecule has 0 aromatic carbocycles. The molecule has 0 saturated heterocycles. The van der Waals surface area contributed by atoms with Crippen molar-refractivity contribution >= 4 is 24.8 Å². The maximum atomic E-state index is 2.63. The van der Waals surface area contributed by atoms with Gasteiger partial charge in [-0.15, -0.1) is 24.8 Å². The van der Waals surface area contributed by atoms with Gasteiger partial charge >= 0.3 is 154 Å². The molecule has 3 heteroatoms. The summed E-state index contributed by atoms with van der Waals surface area (Å²) in [5.41, 5.74) is 7.18. The fraction of sp³-hybridized carbons (Fsp3) is 0.636. The predicted molar refractivity (Wildman–Crippen MR) is 110 cm³/mol.